The molecule has 4 aliphatic rings. The molecule has 0 aromatic rings. The van der Waals surface area contributed by atoms with Gasteiger partial charge in [-0.25, -0.2) is 0 Å². The van der Waals surface area contributed by atoms with E-state index in [1.807, 2.05) is 12.2 Å². The highest BCUT2D eigenvalue weighted by Gasteiger charge is 2.49. The fourth-order valence-electron chi connectivity index (χ4n) is 6.49. The van der Waals surface area contributed by atoms with Gasteiger partial charge in [0.05, 0.1) is 0 Å². The van der Waals surface area contributed by atoms with Crippen LogP contribution in [0.4, 0.5) is 0 Å². The van der Waals surface area contributed by atoms with Crippen LogP contribution in [-0.2, 0) is 4.79 Å². The molecule has 114 valence electrons. The van der Waals surface area contributed by atoms with Crippen LogP contribution in [0.5, 0.6) is 0 Å². The zero-order chi connectivity index (χ0) is 14.4. The van der Waals surface area contributed by atoms with Crippen LogP contribution in [0.15, 0.2) is 24.3 Å². The molecule has 0 spiro atoms. The minimum atomic E-state index is 0.376. The van der Waals surface area contributed by atoms with Crippen LogP contribution in [-0.4, -0.2) is 5.78 Å². The van der Waals surface area contributed by atoms with Gasteiger partial charge in [0, 0.05) is 6.42 Å². The van der Waals surface area contributed by atoms with E-state index in [4.69, 9.17) is 0 Å². The van der Waals surface area contributed by atoms with Crippen molar-refractivity contribution in [3.05, 3.63) is 24.3 Å². The average molecular weight is 284 g/mol. The van der Waals surface area contributed by atoms with Gasteiger partial charge in [-0.1, -0.05) is 24.5 Å². The first-order chi connectivity index (χ1) is 10.3. The Morgan fingerprint density at radius 3 is 2.86 bits per heavy atom. The second-order valence-electron chi connectivity index (χ2n) is 8.00. The van der Waals surface area contributed by atoms with E-state index in [1.165, 1.54) is 50.5 Å². The zero-order valence-electron chi connectivity index (χ0n) is 13.1. The van der Waals surface area contributed by atoms with Gasteiger partial charge in [-0.2, -0.15) is 0 Å². The van der Waals surface area contributed by atoms with Gasteiger partial charge in [0.2, 0.25) is 0 Å². The number of carbonyl (C=O) groups is 1. The molecule has 0 heterocycles. The summed E-state index contributed by atoms with van der Waals surface area (Å²) in [5.41, 5.74) is 1.51. The molecule has 4 aliphatic carbocycles. The zero-order valence-corrected chi connectivity index (χ0v) is 13.1. The van der Waals surface area contributed by atoms with Crippen LogP contribution in [0.1, 0.15) is 57.8 Å². The highest BCUT2D eigenvalue weighted by atomic mass is 16.1. The van der Waals surface area contributed by atoms with Crippen molar-refractivity contribution in [2.75, 3.05) is 0 Å². The Labute approximate surface area is 128 Å². The predicted octanol–water partition coefficient (Wildman–Crippen LogP) is 4.93. The molecule has 21 heavy (non-hydrogen) atoms. The molecule has 0 bridgehead atoms. The Hall–Kier alpha value is -0.850. The van der Waals surface area contributed by atoms with Gasteiger partial charge in [0.1, 0.15) is 0 Å². The molecule has 0 N–H and O–H groups in total. The molecule has 3 fully saturated rings. The van der Waals surface area contributed by atoms with Gasteiger partial charge in [-0.3, -0.25) is 4.79 Å². The lowest BCUT2D eigenvalue weighted by Crippen LogP contribution is -2.44. The highest BCUT2D eigenvalue weighted by molar-refractivity contribution is 5.91. The molecule has 0 radical (unpaired) electrons. The Balaban J connectivity index is 1.64. The monoisotopic (exact) mass is 284 g/mol. The molecule has 0 aliphatic heterocycles. The fraction of sp³-hybridized carbons (Fsp3) is 0.750. The maximum Gasteiger partial charge on any atom is 0.155 e. The van der Waals surface area contributed by atoms with Crippen molar-refractivity contribution in [2.45, 2.75) is 57.8 Å². The van der Waals surface area contributed by atoms with E-state index in [-0.39, 0.29) is 0 Å². The molecule has 1 unspecified atom stereocenters. The summed E-state index contributed by atoms with van der Waals surface area (Å²) >= 11 is 0. The van der Waals surface area contributed by atoms with Crippen molar-refractivity contribution in [1.82, 2.24) is 0 Å². The number of rotatable bonds is 2. The lowest BCUT2D eigenvalue weighted by molar-refractivity contribution is -0.117. The number of carbonyl (C=O) groups excluding carboxylic acids is 1. The molecule has 4 rings (SSSR count). The van der Waals surface area contributed by atoms with E-state index >= 15 is 0 Å². The summed E-state index contributed by atoms with van der Waals surface area (Å²) in [6.07, 6.45) is 15.8. The van der Waals surface area contributed by atoms with Crippen molar-refractivity contribution in [1.29, 1.82) is 0 Å². The van der Waals surface area contributed by atoms with Gasteiger partial charge >= 0.3 is 0 Å². The minimum Gasteiger partial charge on any atom is -0.295 e. The lowest BCUT2D eigenvalue weighted by Gasteiger charge is -2.51. The standard InChI is InChI=1S/C20H28O/c1-2-4-14-11-16(21)12-15-8-9-18-17-6-3-5-13(17)7-10-19(18)20(14)15/h2,12-14,17-20H,1,3-11H2/t13-,14?,17+,18-,19-,20-/m0/s1. The Morgan fingerprint density at radius 1 is 1.10 bits per heavy atom. The van der Waals surface area contributed by atoms with Crippen molar-refractivity contribution >= 4 is 5.78 Å². The smallest absolute Gasteiger partial charge is 0.155 e. The molecule has 6 atom stereocenters. The second kappa shape index (κ2) is 5.41. The van der Waals surface area contributed by atoms with Crippen molar-refractivity contribution in [3.8, 4) is 0 Å². The lowest BCUT2D eigenvalue weighted by atomic mass is 9.53. The van der Waals surface area contributed by atoms with E-state index in [1.54, 1.807) is 0 Å². The maximum atomic E-state index is 12.0. The van der Waals surface area contributed by atoms with Gasteiger partial charge < -0.3 is 0 Å². The summed E-state index contributed by atoms with van der Waals surface area (Å²) in [4.78, 5) is 12.0. The third-order valence-corrected chi connectivity index (χ3v) is 7.13. The molecule has 1 nitrogen and oxygen atoms in total. The van der Waals surface area contributed by atoms with Crippen LogP contribution in [0.2, 0.25) is 0 Å². The molecule has 0 amide bonds. The number of allylic oxidation sites excluding steroid dienone is 2. The number of hydrogen-bond acceptors (Lipinski definition) is 1. The Morgan fingerprint density at radius 2 is 2.00 bits per heavy atom. The van der Waals surface area contributed by atoms with Crippen LogP contribution in [0.25, 0.3) is 0 Å². The molecule has 3 saturated carbocycles. The number of ketones is 1. The second-order valence-corrected chi connectivity index (χ2v) is 8.00. The van der Waals surface area contributed by atoms with Gasteiger partial charge in [0.15, 0.2) is 5.78 Å². The normalized spacial score (nSPS) is 45.3. The average Bonchev–Trinajstić information content (AvgIpc) is 2.95. The third-order valence-electron chi connectivity index (χ3n) is 7.13. The molecular weight excluding hydrogens is 256 g/mol. The molecule has 0 saturated heterocycles. The van der Waals surface area contributed by atoms with E-state index in [0.29, 0.717) is 17.6 Å². The molecule has 0 aromatic carbocycles. The van der Waals surface area contributed by atoms with Crippen molar-refractivity contribution in [3.63, 3.8) is 0 Å². The van der Waals surface area contributed by atoms with Crippen LogP contribution in [0.3, 0.4) is 0 Å². The highest BCUT2D eigenvalue weighted by Crippen LogP contribution is 2.58. The minimum absolute atomic E-state index is 0.376. The van der Waals surface area contributed by atoms with E-state index in [0.717, 1.165) is 36.5 Å². The quantitative estimate of drug-likeness (QED) is 0.657. The first kappa shape index (κ1) is 13.8. The SMILES string of the molecule is C=CCC1CC(=O)C=C2CC[C@H]3[C@@H]4CCC[C@H]4CC[C@@H]3[C@H]21. The topological polar surface area (TPSA) is 17.1 Å². The summed E-state index contributed by atoms with van der Waals surface area (Å²) in [6, 6.07) is 0. The Bertz CT molecular complexity index is 474. The third kappa shape index (κ3) is 2.24. The van der Waals surface area contributed by atoms with Crippen LogP contribution < -0.4 is 0 Å². The first-order valence-electron chi connectivity index (χ1n) is 9.12. The largest absolute Gasteiger partial charge is 0.295 e. The van der Waals surface area contributed by atoms with Crippen molar-refractivity contribution in [2.24, 2.45) is 35.5 Å². The van der Waals surface area contributed by atoms with Crippen LogP contribution >= 0.6 is 0 Å². The summed E-state index contributed by atoms with van der Waals surface area (Å²) < 4.78 is 0. The summed E-state index contributed by atoms with van der Waals surface area (Å²) in [5.74, 6) is 5.55. The number of fused-ring (bicyclic) bond motifs is 5. The van der Waals surface area contributed by atoms with E-state index in [9.17, 15) is 4.79 Å². The first-order valence-corrected chi connectivity index (χ1v) is 9.12. The van der Waals surface area contributed by atoms with Gasteiger partial charge in [-0.05, 0) is 80.1 Å². The predicted molar refractivity (Wildman–Crippen MR) is 85.8 cm³/mol. The molecule has 0 aromatic heterocycles. The summed E-state index contributed by atoms with van der Waals surface area (Å²) in [7, 11) is 0. The molecule has 1 heteroatoms. The summed E-state index contributed by atoms with van der Waals surface area (Å²) in [5, 5.41) is 0. The molecular formula is C20H28O. The maximum absolute atomic E-state index is 12.0. The van der Waals surface area contributed by atoms with E-state index < -0.39 is 0 Å². The van der Waals surface area contributed by atoms with Gasteiger partial charge in [-0.15, -0.1) is 6.58 Å². The Kier molecular flexibility index (Phi) is 3.55. The van der Waals surface area contributed by atoms with E-state index in [2.05, 4.69) is 6.58 Å². The van der Waals surface area contributed by atoms with Crippen LogP contribution in [0, 0.1) is 35.5 Å². The summed E-state index contributed by atoms with van der Waals surface area (Å²) in [6.45, 7) is 3.94. The van der Waals surface area contributed by atoms with Crippen molar-refractivity contribution < 1.29 is 4.79 Å². The van der Waals surface area contributed by atoms with Gasteiger partial charge in [0.25, 0.3) is 0 Å². The number of hydrogen-bond donors (Lipinski definition) is 0. The fourth-order valence-corrected chi connectivity index (χ4v) is 6.49.